The molecule has 1 aliphatic rings. The Morgan fingerprint density at radius 2 is 1.77 bits per heavy atom. The number of aliphatic carboxylic acids is 1. The zero-order chi connectivity index (χ0) is 21.5. The number of H-pyrrole nitrogens is 1. The van der Waals surface area contributed by atoms with E-state index in [4.69, 9.17) is 11.6 Å². The second-order valence-corrected chi connectivity index (χ2v) is 9.80. The average molecular weight is 448 g/mol. The summed E-state index contributed by atoms with van der Waals surface area (Å²) in [5.74, 6) is -0.972. The number of hydrogen-bond acceptors (Lipinski definition) is 4. The molecule has 0 unspecified atom stereocenters. The van der Waals surface area contributed by atoms with Crippen molar-refractivity contribution in [3.05, 3.63) is 64.8 Å². The highest BCUT2D eigenvalue weighted by molar-refractivity contribution is 7.89. The van der Waals surface area contributed by atoms with E-state index in [0.717, 1.165) is 16.5 Å². The molecule has 0 spiro atoms. The van der Waals surface area contributed by atoms with Crippen LogP contribution in [0.5, 0.6) is 0 Å². The third kappa shape index (κ3) is 3.83. The van der Waals surface area contributed by atoms with Crippen LogP contribution in [0.3, 0.4) is 0 Å². The molecule has 9 heteroatoms. The number of fused-ring (bicyclic) bond motifs is 1. The molecule has 1 atom stereocenters. The first-order valence-corrected chi connectivity index (χ1v) is 11.4. The Bertz CT molecular complexity index is 1180. The molecular weight excluding hydrogens is 426 g/mol. The lowest BCUT2D eigenvalue weighted by molar-refractivity contribution is -0.144. The molecule has 0 aliphatic carbocycles. The van der Waals surface area contributed by atoms with E-state index in [-0.39, 0.29) is 18.0 Å². The minimum Gasteiger partial charge on any atom is -0.480 e. The van der Waals surface area contributed by atoms with Gasteiger partial charge in [0.05, 0.1) is 4.90 Å². The minimum atomic E-state index is -3.60. The van der Waals surface area contributed by atoms with Crippen molar-refractivity contribution in [3.8, 4) is 0 Å². The highest BCUT2D eigenvalue weighted by Crippen LogP contribution is 2.31. The lowest BCUT2D eigenvalue weighted by Crippen LogP contribution is -2.50. The van der Waals surface area contributed by atoms with Crippen molar-refractivity contribution in [2.24, 2.45) is 0 Å². The predicted octanol–water partition coefficient (Wildman–Crippen LogP) is 3.26. The normalized spacial score (nSPS) is 17.3. The summed E-state index contributed by atoms with van der Waals surface area (Å²) in [5, 5.41) is 11.3. The molecule has 0 radical (unpaired) electrons. The molecule has 30 heavy (non-hydrogen) atoms. The van der Waals surface area contributed by atoms with Crippen molar-refractivity contribution >= 4 is 38.5 Å². The van der Waals surface area contributed by atoms with Crippen molar-refractivity contribution in [1.29, 1.82) is 0 Å². The first-order valence-electron chi connectivity index (χ1n) is 9.57. The maximum atomic E-state index is 12.9. The lowest BCUT2D eigenvalue weighted by Gasteiger charge is -2.37. The van der Waals surface area contributed by atoms with E-state index in [1.807, 2.05) is 6.92 Å². The third-order valence-corrected chi connectivity index (χ3v) is 7.65. The fourth-order valence-electron chi connectivity index (χ4n) is 3.89. The van der Waals surface area contributed by atoms with Crippen LogP contribution in [-0.2, 0) is 14.8 Å². The zero-order valence-corrected chi connectivity index (χ0v) is 17.9. The van der Waals surface area contributed by atoms with Crippen molar-refractivity contribution in [1.82, 2.24) is 14.2 Å². The van der Waals surface area contributed by atoms with Gasteiger partial charge in [0.15, 0.2) is 0 Å². The maximum Gasteiger partial charge on any atom is 0.325 e. The fourth-order valence-corrected chi connectivity index (χ4v) is 5.49. The van der Waals surface area contributed by atoms with Gasteiger partial charge in [-0.1, -0.05) is 35.4 Å². The van der Waals surface area contributed by atoms with Crippen LogP contribution in [0.2, 0.25) is 5.02 Å². The SMILES string of the molecule is Cc1ccc(S(=O)(=O)N2CCN([C@H](C(=O)O)c3c[nH]c4cc(Cl)ccc34)CC2)cc1. The van der Waals surface area contributed by atoms with Gasteiger partial charge in [-0.05, 0) is 31.2 Å². The predicted molar refractivity (Wildman–Crippen MR) is 115 cm³/mol. The van der Waals surface area contributed by atoms with Gasteiger partial charge in [0, 0.05) is 53.9 Å². The molecule has 1 saturated heterocycles. The largest absolute Gasteiger partial charge is 0.480 e. The molecule has 0 saturated carbocycles. The van der Waals surface area contributed by atoms with Crippen molar-refractivity contribution in [3.63, 3.8) is 0 Å². The van der Waals surface area contributed by atoms with Gasteiger partial charge in [-0.25, -0.2) is 8.42 Å². The Hall–Kier alpha value is -2.39. The molecule has 3 aromatic rings. The van der Waals surface area contributed by atoms with Gasteiger partial charge in [0.2, 0.25) is 10.0 Å². The third-order valence-electron chi connectivity index (χ3n) is 5.50. The van der Waals surface area contributed by atoms with Gasteiger partial charge < -0.3 is 10.1 Å². The average Bonchev–Trinajstić information content (AvgIpc) is 3.11. The maximum absolute atomic E-state index is 12.9. The summed E-state index contributed by atoms with van der Waals surface area (Å²) < 4.78 is 27.3. The molecule has 2 heterocycles. The van der Waals surface area contributed by atoms with E-state index in [9.17, 15) is 18.3 Å². The summed E-state index contributed by atoms with van der Waals surface area (Å²) in [5.41, 5.74) is 2.40. The number of sulfonamides is 1. The molecule has 4 rings (SSSR count). The Labute approximate surface area is 179 Å². The summed E-state index contributed by atoms with van der Waals surface area (Å²) >= 11 is 6.03. The Kier molecular flexibility index (Phi) is 5.59. The number of carboxylic acids is 1. The van der Waals surface area contributed by atoms with E-state index in [1.165, 1.54) is 4.31 Å². The molecule has 2 N–H and O–H groups in total. The molecule has 2 aromatic carbocycles. The number of carboxylic acid groups (broad SMARTS) is 1. The topological polar surface area (TPSA) is 93.7 Å². The summed E-state index contributed by atoms with van der Waals surface area (Å²) in [6.45, 7) is 3.01. The van der Waals surface area contributed by atoms with Crippen LogP contribution >= 0.6 is 11.6 Å². The van der Waals surface area contributed by atoms with Gasteiger partial charge in [-0.3, -0.25) is 9.69 Å². The molecule has 1 aliphatic heterocycles. The summed E-state index contributed by atoms with van der Waals surface area (Å²) in [7, 11) is -3.60. The van der Waals surface area contributed by atoms with Crippen LogP contribution in [0.15, 0.2) is 53.6 Å². The molecule has 1 aromatic heterocycles. The van der Waals surface area contributed by atoms with E-state index in [2.05, 4.69) is 4.98 Å². The van der Waals surface area contributed by atoms with Crippen molar-refractivity contribution in [2.75, 3.05) is 26.2 Å². The van der Waals surface area contributed by atoms with Crippen molar-refractivity contribution < 1.29 is 18.3 Å². The number of nitrogens with zero attached hydrogens (tertiary/aromatic N) is 2. The molecular formula is C21H22ClN3O4S. The van der Waals surface area contributed by atoms with Gasteiger partial charge in [0.1, 0.15) is 6.04 Å². The number of benzene rings is 2. The molecule has 1 fully saturated rings. The van der Waals surface area contributed by atoms with Crippen molar-refractivity contribution in [2.45, 2.75) is 17.9 Å². The van der Waals surface area contributed by atoms with Gasteiger partial charge in [0.25, 0.3) is 0 Å². The first kappa shape index (κ1) is 20.9. The number of aromatic nitrogens is 1. The molecule has 7 nitrogen and oxygen atoms in total. The van der Waals surface area contributed by atoms with Crippen LogP contribution in [-0.4, -0.2) is 59.9 Å². The summed E-state index contributed by atoms with van der Waals surface area (Å²) in [4.78, 5) is 17.3. The van der Waals surface area contributed by atoms with E-state index in [0.29, 0.717) is 23.7 Å². The monoisotopic (exact) mass is 447 g/mol. The number of aryl methyl sites for hydroxylation is 1. The lowest BCUT2D eigenvalue weighted by atomic mass is 10.0. The highest BCUT2D eigenvalue weighted by Gasteiger charge is 2.35. The number of halogens is 1. The van der Waals surface area contributed by atoms with Crippen LogP contribution in [0.4, 0.5) is 0 Å². The molecule has 0 amide bonds. The number of aromatic amines is 1. The number of carbonyl (C=O) groups is 1. The standard InChI is InChI=1S/C21H22ClN3O4S/c1-14-2-5-16(6-3-14)30(28,29)25-10-8-24(9-11-25)20(21(26)27)18-13-23-19-12-15(22)4-7-17(18)19/h2-7,12-13,20,23H,8-11H2,1H3,(H,26,27)/t20-/m0/s1. The molecule has 0 bridgehead atoms. The van der Waals surface area contributed by atoms with Gasteiger partial charge in [-0.15, -0.1) is 0 Å². The van der Waals surface area contributed by atoms with Gasteiger partial charge >= 0.3 is 5.97 Å². The number of hydrogen-bond donors (Lipinski definition) is 2. The van der Waals surface area contributed by atoms with Crippen LogP contribution < -0.4 is 0 Å². The second kappa shape index (κ2) is 8.03. The number of piperazine rings is 1. The summed E-state index contributed by atoms with van der Waals surface area (Å²) in [6.07, 6.45) is 1.69. The Morgan fingerprint density at radius 1 is 1.10 bits per heavy atom. The Morgan fingerprint density at radius 3 is 2.40 bits per heavy atom. The van der Waals surface area contributed by atoms with Crippen LogP contribution in [0.1, 0.15) is 17.2 Å². The quantitative estimate of drug-likeness (QED) is 0.626. The van der Waals surface area contributed by atoms with Crippen LogP contribution in [0, 0.1) is 6.92 Å². The minimum absolute atomic E-state index is 0.230. The zero-order valence-electron chi connectivity index (χ0n) is 16.4. The highest BCUT2D eigenvalue weighted by atomic mass is 35.5. The van der Waals surface area contributed by atoms with E-state index < -0.39 is 22.0 Å². The number of nitrogens with one attached hydrogen (secondary N) is 1. The Balaban J connectivity index is 1.55. The summed E-state index contributed by atoms with van der Waals surface area (Å²) in [6, 6.07) is 11.2. The second-order valence-electron chi connectivity index (χ2n) is 7.43. The van der Waals surface area contributed by atoms with E-state index in [1.54, 1.807) is 53.6 Å². The fraction of sp³-hybridized carbons (Fsp3) is 0.286. The van der Waals surface area contributed by atoms with Gasteiger partial charge in [-0.2, -0.15) is 4.31 Å². The van der Waals surface area contributed by atoms with Crippen LogP contribution in [0.25, 0.3) is 10.9 Å². The van der Waals surface area contributed by atoms with E-state index >= 15 is 0 Å². The number of rotatable bonds is 5. The first-order chi connectivity index (χ1) is 14.3. The smallest absolute Gasteiger partial charge is 0.325 e. The molecule has 158 valence electrons.